The van der Waals surface area contributed by atoms with Gasteiger partial charge in [0.1, 0.15) is 0 Å². The number of hydrogen-bond donors (Lipinski definition) is 1. The first-order valence-corrected chi connectivity index (χ1v) is 8.86. The summed E-state index contributed by atoms with van der Waals surface area (Å²) < 4.78 is 0. The molecule has 114 valence electrons. The van der Waals surface area contributed by atoms with Gasteiger partial charge < -0.3 is 5.32 Å². The van der Waals surface area contributed by atoms with Crippen molar-refractivity contribution < 1.29 is 0 Å². The van der Waals surface area contributed by atoms with Crippen LogP contribution < -0.4 is 5.32 Å². The molecule has 1 aromatic carbocycles. The van der Waals surface area contributed by atoms with E-state index in [0.717, 1.165) is 19.4 Å². The van der Waals surface area contributed by atoms with E-state index in [-0.39, 0.29) is 0 Å². The van der Waals surface area contributed by atoms with Crippen molar-refractivity contribution in [2.45, 2.75) is 52.5 Å². The highest BCUT2D eigenvalue weighted by atomic mass is 32.1. The molecule has 1 aromatic heterocycles. The molecule has 0 spiro atoms. The van der Waals surface area contributed by atoms with Gasteiger partial charge in [-0.15, -0.1) is 11.3 Å². The van der Waals surface area contributed by atoms with Gasteiger partial charge in [-0.2, -0.15) is 0 Å². The number of likely N-dealkylation sites (N-methyl/N-ethyl adjacent to an activating group) is 1. The second kappa shape index (κ2) is 7.77. The number of rotatable bonds is 7. The fraction of sp³-hybridized carbons (Fsp3) is 0.474. The molecule has 2 heteroatoms. The smallest absolute Gasteiger partial charge is 0.0455 e. The van der Waals surface area contributed by atoms with Crippen LogP contribution in [0.5, 0.6) is 0 Å². The number of hydrogen-bond acceptors (Lipinski definition) is 2. The maximum absolute atomic E-state index is 3.63. The zero-order valence-electron chi connectivity index (χ0n) is 13.6. The maximum atomic E-state index is 3.63. The molecule has 0 fully saturated rings. The van der Waals surface area contributed by atoms with Crippen molar-refractivity contribution >= 4 is 11.3 Å². The van der Waals surface area contributed by atoms with Crippen molar-refractivity contribution in [3.8, 4) is 0 Å². The van der Waals surface area contributed by atoms with Gasteiger partial charge >= 0.3 is 0 Å². The minimum Gasteiger partial charge on any atom is -0.309 e. The Morgan fingerprint density at radius 3 is 2.24 bits per heavy atom. The Morgan fingerprint density at radius 2 is 1.71 bits per heavy atom. The molecule has 0 aliphatic rings. The molecule has 2 aromatic rings. The van der Waals surface area contributed by atoms with E-state index >= 15 is 0 Å². The fourth-order valence-electron chi connectivity index (χ4n) is 2.57. The predicted molar refractivity (Wildman–Crippen MR) is 94.3 cm³/mol. The lowest BCUT2D eigenvalue weighted by molar-refractivity contribution is 0.558. The molecule has 0 aliphatic carbocycles. The van der Waals surface area contributed by atoms with E-state index in [1.54, 1.807) is 0 Å². The van der Waals surface area contributed by atoms with Crippen LogP contribution in [-0.2, 0) is 12.8 Å². The van der Waals surface area contributed by atoms with E-state index in [4.69, 9.17) is 0 Å². The quantitative estimate of drug-likeness (QED) is 0.729. The predicted octanol–water partition coefficient (Wildman–Crippen LogP) is 5.33. The Bertz CT molecular complexity index is 539. The lowest BCUT2D eigenvalue weighted by atomic mass is 9.98. The van der Waals surface area contributed by atoms with E-state index in [0.29, 0.717) is 12.0 Å². The van der Waals surface area contributed by atoms with Crippen LogP contribution in [0.2, 0.25) is 0 Å². The molecule has 0 saturated heterocycles. The summed E-state index contributed by atoms with van der Waals surface area (Å²) in [5.74, 6) is 0.605. The van der Waals surface area contributed by atoms with Gasteiger partial charge in [0.15, 0.2) is 0 Å². The highest BCUT2D eigenvalue weighted by Gasteiger charge is 2.13. The first-order chi connectivity index (χ1) is 10.1. The summed E-state index contributed by atoms with van der Waals surface area (Å²) >= 11 is 1.95. The third-order valence-electron chi connectivity index (χ3n) is 3.91. The molecule has 1 unspecified atom stereocenters. The summed E-state index contributed by atoms with van der Waals surface area (Å²) in [6, 6.07) is 14.1. The number of aryl methyl sites for hydroxylation is 1. The Labute approximate surface area is 133 Å². The second-order valence-corrected chi connectivity index (χ2v) is 7.07. The molecule has 0 saturated carbocycles. The number of nitrogens with one attached hydrogen (secondary N) is 1. The molecule has 0 radical (unpaired) electrons. The highest BCUT2D eigenvalue weighted by molar-refractivity contribution is 7.12. The summed E-state index contributed by atoms with van der Waals surface area (Å²) in [6.45, 7) is 9.91. The molecule has 1 atom stereocenters. The van der Waals surface area contributed by atoms with Crippen LogP contribution >= 0.6 is 11.3 Å². The topological polar surface area (TPSA) is 12.0 Å². The van der Waals surface area contributed by atoms with Crippen molar-refractivity contribution in [3.05, 3.63) is 57.3 Å². The van der Waals surface area contributed by atoms with Crippen LogP contribution in [0.15, 0.2) is 36.4 Å². The van der Waals surface area contributed by atoms with Gasteiger partial charge in [0.2, 0.25) is 0 Å². The first-order valence-electron chi connectivity index (χ1n) is 8.04. The highest BCUT2D eigenvalue weighted by Crippen LogP contribution is 2.27. The van der Waals surface area contributed by atoms with E-state index in [2.05, 4.69) is 69.4 Å². The molecule has 2 rings (SSSR count). The monoisotopic (exact) mass is 301 g/mol. The Balaban J connectivity index is 2.11. The molecule has 0 aliphatic heterocycles. The molecular formula is C19H27NS. The minimum absolute atomic E-state index is 0.435. The second-order valence-electron chi connectivity index (χ2n) is 5.87. The van der Waals surface area contributed by atoms with E-state index < -0.39 is 0 Å². The van der Waals surface area contributed by atoms with Crippen molar-refractivity contribution in [1.29, 1.82) is 0 Å². The van der Waals surface area contributed by atoms with Crippen LogP contribution in [-0.4, -0.2) is 6.54 Å². The largest absolute Gasteiger partial charge is 0.309 e. The van der Waals surface area contributed by atoms with Crippen LogP contribution in [0, 0.1) is 0 Å². The van der Waals surface area contributed by atoms with Crippen LogP contribution in [0.25, 0.3) is 0 Å². The molecule has 1 nitrogen and oxygen atoms in total. The molecule has 0 amide bonds. The molecule has 1 heterocycles. The van der Waals surface area contributed by atoms with E-state index in [1.165, 1.54) is 20.9 Å². The van der Waals surface area contributed by atoms with Crippen LogP contribution in [0.1, 0.15) is 60.5 Å². The van der Waals surface area contributed by atoms with Crippen molar-refractivity contribution in [2.75, 3.05) is 6.54 Å². The normalized spacial score (nSPS) is 12.8. The van der Waals surface area contributed by atoms with Gasteiger partial charge in [-0.1, -0.05) is 52.0 Å². The van der Waals surface area contributed by atoms with Gasteiger partial charge in [0.05, 0.1) is 0 Å². The third kappa shape index (κ3) is 4.42. The van der Waals surface area contributed by atoms with Crippen molar-refractivity contribution in [1.82, 2.24) is 5.32 Å². The first kappa shape index (κ1) is 16.3. The zero-order chi connectivity index (χ0) is 15.2. The fourth-order valence-corrected chi connectivity index (χ4v) is 3.59. The summed E-state index contributed by atoms with van der Waals surface area (Å²) in [5.41, 5.74) is 2.83. The van der Waals surface area contributed by atoms with Gasteiger partial charge in [-0.25, -0.2) is 0 Å². The van der Waals surface area contributed by atoms with E-state index in [9.17, 15) is 0 Å². The van der Waals surface area contributed by atoms with Crippen molar-refractivity contribution in [3.63, 3.8) is 0 Å². The maximum Gasteiger partial charge on any atom is 0.0455 e. The van der Waals surface area contributed by atoms with Crippen molar-refractivity contribution in [2.24, 2.45) is 0 Å². The van der Waals surface area contributed by atoms with Gasteiger partial charge in [-0.3, -0.25) is 0 Å². The molecular weight excluding hydrogens is 274 g/mol. The van der Waals surface area contributed by atoms with Crippen LogP contribution in [0.4, 0.5) is 0 Å². The molecule has 1 N–H and O–H groups in total. The SMILES string of the molecule is CCNC(Cc1ccc(C(C)C)cc1)c1ccc(CC)s1. The van der Waals surface area contributed by atoms with Gasteiger partial charge in [-0.05, 0) is 48.6 Å². The van der Waals surface area contributed by atoms with Gasteiger partial charge in [0.25, 0.3) is 0 Å². The number of benzene rings is 1. The van der Waals surface area contributed by atoms with E-state index in [1.807, 2.05) is 11.3 Å². The average Bonchev–Trinajstić information content (AvgIpc) is 2.96. The lowest BCUT2D eigenvalue weighted by Gasteiger charge is -2.17. The number of thiophene rings is 1. The summed E-state index contributed by atoms with van der Waals surface area (Å²) in [4.78, 5) is 2.93. The van der Waals surface area contributed by atoms with Crippen LogP contribution in [0.3, 0.4) is 0 Å². The Kier molecular flexibility index (Phi) is 6.01. The zero-order valence-corrected chi connectivity index (χ0v) is 14.5. The molecule has 21 heavy (non-hydrogen) atoms. The van der Waals surface area contributed by atoms with Gasteiger partial charge in [0, 0.05) is 15.8 Å². The third-order valence-corrected chi connectivity index (χ3v) is 5.25. The Hall–Kier alpha value is -1.12. The standard InChI is InChI=1S/C19H27NS/c1-5-17-11-12-19(21-17)18(20-6-2)13-15-7-9-16(10-8-15)14(3)4/h7-12,14,18,20H,5-6,13H2,1-4H3. The minimum atomic E-state index is 0.435. The summed E-state index contributed by atoms with van der Waals surface area (Å²) in [6.07, 6.45) is 2.20. The summed E-state index contributed by atoms with van der Waals surface area (Å²) in [5, 5.41) is 3.63. The molecule has 0 bridgehead atoms. The lowest BCUT2D eigenvalue weighted by Crippen LogP contribution is -2.22. The summed E-state index contributed by atoms with van der Waals surface area (Å²) in [7, 11) is 0. The Morgan fingerprint density at radius 1 is 1.00 bits per heavy atom. The average molecular weight is 301 g/mol.